The maximum atomic E-state index is 14.2. The number of carbonyl (C=O) groups is 1. The van der Waals surface area contributed by atoms with Gasteiger partial charge in [-0.1, -0.05) is 12.1 Å². The van der Waals surface area contributed by atoms with Gasteiger partial charge in [-0.2, -0.15) is 0 Å². The second-order valence-corrected chi connectivity index (χ2v) is 8.91. The Bertz CT molecular complexity index is 874. The maximum Gasteiger partial charge on any atom is 0.255 e. The molecule has 0 spiro atoms. The SMILES string of the molecule is CNC(=O)c1cnc(Oc2ccc(C34CC5CC(CC(C5)C3)C4)cc2)c(F)c1. The molecule has 1 aromatic heterocycles. The van der Waals surface area contributed by atoms with Crippen LogP contribution in [0.5, 0.6) is 11.6 Å². The molecule has 146 valence electrons. The zero-order chi connectivity index (χ0) is 19.3. The van der Waals surface area contributed by atoms with E-state index < -0.39 is 5.82 Å². The number of rotatable bonds is 4. The first kappa shape index (κ1) is 17.7. The zero-order valence-electron chi connectivity index (χ0n) is 16.1. The second-order valence-electron chi connectivity index (χ2n) is 8.91. The lowest BCUT2D eigenvalue weighted by molar-refractivity contribution is -0.00520. The monoisotopic (exact) mass is 380 g/mol. The fourth-order valence-corrected chi connectivity index (χ4v) is 6.22. The number of pyridine rings is 1. The van der Waals surface area contributed by atoms with Crippen molar-refractivity contribution in [2.75, 3.05) is 7.05 Å². The molecule has 0 saturated heterocycles. The van der Waals surface area contributed by atoms with Crippen LogP contribution in [0.2, 0.25) is 0 Å². The van der Waals surface area contributed by atoms with Crippen LogP contribution in [0.25, 0.3) is 0 Å². The molecule has 4 aliphatic rings. The third-order valence-corrected chi connectivity index (χ3v) is 7.02. The maximum absolute atomic E-state index is 14.2. The van der Waals surface area contributed by atoms with Crippen molar-refractivity contribution >= 4 is 5.91 Å². The molecule has 6 rings (SSSR count). The largest absolute Gasteiger partial charge is 0.436 e. The molecule has 4 bridgehead atoms. The zero-order valence-corrected chi connectivity index (χ0v) is 16.1. The molecule has 0 unspecified atom stereocenters. The quantitative estimate of drug-likeness (QED) is 0.826. The minimum absolute atomic E-state index is 0.116. The molecule has 5 heteroatoms. The lowest BCUT2D eigenvalue weighted by atomic mass is 9.48. The molecule has 28 heavy (non-hydrogen) atoms. The third-order valence-electron chi connectivity index (χ3n) is 7.02. The highest BCUT2D eigenvalue weighted by molar-refractivity contribution is 5.93. The van der Waals surface area contributed by atoms with Gasteiger partial charge in [-0.15, -0.1) is 0 Å². The number of halogens is 1. The summed E-state index contributed by atoms with van der Waals surface area (Å²) in [4.78, 5) is 15.5. The molecule has 4 nitrogen and oxygen atoms in total. The average molecular weight is 380 g/mol. The second kappa shape index (κ2) is 6.57. The molecule has 1 N–H and O–H groups in total. The fourth-order valence-electron chi connectivity index (χ4n) is 6.22. The minimum atomic E-state index is -0.647. The standard InChI is InChI=1S/C23H25FN2O2/c1-25-21(27)17-9-20(24)22(26-13-17)28-19-4-2-18(3-5-19)23-10-14-6-15(11-23)8-16(7-14)12-23/h2-5,9,13-16H,6-8,10-12H2,1H3,(H,25,27). The first-order valence-electron chi connectivity index (χ1n) is 10.2. The van der Waals surface area contributed by atoms with Gasteiger partial charge in [0.2, 0.25) is 0 Å². The molecule has 4 saturated carbocycles. The predicted octanol–water partition coefficient (Wildman–Crippen LogP) is 4.84. The van der Waals surface area contributed by atoms with Crippen molar-refractivity contribution in [1.82, 2.24) is 10.3 Å². The molecular weight excluding hydrogens is 355 g/mol. The topological polar surface area (TPSA) is 51.2 Å². The number of carbonyl (C=O) groups excluding carboxylic acids is 1. The van der Waals surface area contributed by atoms with Crippen LogP contribution < -0.4 is 10.1 Å². The number of hydrogen-bond donors (Lipinski definition) is 1. The lowest BCUT2D eigenvalue weighted by Crippen LogP contribution is -2.48. The van der Waals surface area contributed by atoms with Crippen LogP contribution in [0.3, 0.4) is 0 Å². The summed E-state index contributed by atoms with van der Waals surface area (Å²) in [5.74, 6) is 2.13. The molecule has 1 heterocycles. The Hall–Kier alpha value is -2.43. The summed E-state index contributed by atoms with van der Waals surface area (Å²) in [6.45, 7) is 0. The number of aromatic nitrogens is 1. The molecule has 2 aromatic rings. The van der Waals surface area contributed by atoms with E-state index in [9.17, 15) is 9.18 Å². The highest BCUT2D eigenvalue weighted by Crippen LogP contribution is 2.60. The molecule has 0 radical (unpaired) electrons. The Kier molecular flexibility index (Phi) is 4.14. The van der Waals surface area contributed by atoms with E-state index in [-0.39, 0.29) is 17.4 Å². The van der Waals surface area contributed by atoms with E-state index in [4.69, 9.17) is 4.74 Å². The Morgan fingerprint density at radius 1 is 1.11 bits per heavy atom. The predicted molar refractivity (Wildman–Crippen MR) is 104 cm³/mol. The van der Waals surface area contributed by atoms with Crippen molar-refractivity contribution < 1.29 is 13.9 Å². The summed E-state index contributed by atoms with van der Waals surface area (Å²) in [7, 11) is 1.50. The van der Waals surface area contributed by atoms with Gasteiger partial charge >= 0.3 is 0 Å². The molecule has 0 aliphatic heterocycles. The van der Waals surface area contributed by atoms with Crippen molar-refractivity contribution in [3.05, 3.63) is 53.5 Å². The smallest absolute Gasteiger partial charge is 0.255 e. The number of benzene rings is 1. The average Bonchev–Trinajstić information content (AvgIpc) is 2.68. The summed E-state index contributed by atoms with van der Waals surface area (Å²) in [5.41, 5.74) is 1.92. The minimum Gasteiger partial charge on any atom is -0.436 e. The van der Waals surface area contributed by atoms with Crippen LogP contribution in [0.1, 0.15) is 54.4 Å². The number of hydrogen-bond acceptors (Lipinski definition) is 3. The highest BCUT2D eigenvalue weighted by atomic mass is 19.1. The van der Waals surface area contributed by atoms with Crippen LogP contribution in [0.4, 0.5) is 4.39 Å². The number of amides is 1. The fraction of sp³-hybridized carbons (Fsp3) is 0.478. The number of ether oxygens (including phenoxy) is 1. The van der Waals surface area contributed by atoms with Gasteiger partial charge in [0.05, 0.1) is 5.56 Å². The van der Waals surface area contributed by atoms with Gasteiger partial charge in [-0.25, -0.2) is 9.37 Å². The van der Waals surface area contributed by atoms with Gasteiger partial charge < -0.3 is 10.1 Å². The van der Waals surface area contributed by atoms with Crippen LogP contribution in [-0.4, -0.2) is 17.9 Å². The normalized spacial score (nSPS) is 30.3. The molecular formula is C23H25FN2O2. The van der Waals surface area contributed by atoms with Crippen molar-refractivity contribution in [2.24, 2.45) is 17.8 Å². The van der Waals surface area contributed by atoms with Crippen LogP contribution in [0, 0.1) is 23.6 Å². The number of nitrogens with zero attached hydrogens (tertiary/aromatic N) is 1. The Labute approximate surface area is 164 Å². The van der Waals surface area contributed by atoms with E-state index >= 15 is 0 Å². The van der Waals surface area contributed by atoms with Gasteiger partial charge in [-0.3, -0.25) is 4.79 Å². The van der Waals surface area contributed by atoms with E-state index in [0.29, 0.717) is 11.2 Å². The molecule has 1 aromatic carbocycles. The molecule has 4 fully saturated rings. The van der Waals surface area contributed by atoms with Gasteiger partial charge in [0.25, 0.3) is 11.8 Å². The van der Waals surface area contributed by atoms with Crippen LogP contribution in [-0.2, 0) is 5.41 Å². The lowest BCUT2D eigenvalue weighted by Gasteiger charge is -2.57. The van der Waals surface area contributed by atoms with E-state index in [1.165, 1.54) is 57.3 Å². The van der Waals surface area contributed by atoms with Crippen LogP contribution in [0.15, 0.2) is 36.5 Å². The van der Waals surface area contributed by atoms with E-state index in [2.05, 4.69) is 22.4 Å². The summed E-state index contributed by atoms with van der Waals surface area (Å²) < 4.78 is 19.9. The van der Waals surface area contributed by atoms with Gasteiger partial charge in [-0.05, 0) is 85.5 Å². The highest BCUT2D eigenvalue weighted by Gasteiger charge is 2.51. The summed E-state index contributed by atoms with van der Waals surface area (Å²) >= 11 is 0. The van der Waals surface area contributed by atoms with E-state index in [1.54, 1.807) is 0 Å². The van der Waals surface area contributed by atoms with Gasteiger partial charge in [0.1, 0.15) is 5.75 Å². The summed E-state index contributed by atoms with van der Waals surface area (Å²) in [6, 6.07) is 9.28. The van der Waals surface area contributed by atoms with Crippen molar-refractivity contribution in [3.63, 3.8) is 0 Å². The molecule has 0 atom stereocenters. The third kappa shape index (κ3) is 2.97. The Morgan fingerprint density at radius 2 is 1.71 bits per heavy atom. The first-order chi connectivity index (χ1) is 13.5. The number of nitrogens with one attached hydrogen (secondary N) is 1. The molecule has 4 aliphatic carbocycles. The van der Waals surface area contributed by atoms with Crippen LogP contribution >= 0.6 is 0 Å². The first-order valence-corrected chi connectivity index (χ1v) is 10.2. The summed E-state index contributed by atoms with van der Waals surface area (Å²) in [5, 5.41) is 2.45. The van der Waals surface area contributed by atoms with Crippen molar-refractivity contribution in [2.45, 2.75) is 43.9 Å². The van der Waals surface area contributed by atoms with E-state index in [1.807, 2.05) is 12.1 Å². The van der Waals surface area contributed by atoms with Crippen molar-refractivity contribution in [3.8, 4) is 11.6 Å². The summed E-state index contributed by atoms with van der Waals surface area (Å²) in [6.07, 6.45) is 9.55. The van der Waals surface area contributed by atoms with Crippen molar-refractivity contribution in [1.29, 1.82) is 0 Å². The van der Waals surface area contributed by atoms with Gasteiger partial charge in [0, 0.05) is 13.2 Å². The molecule has 1 amide bonds. The van der Waals surface area contributed by atoms with Gasteiger partial charge in [0.15, 0.2) is 5.82 Å². The Morgan fingerprint density at radius 3 is 2.25 bits per heavy atom. The van der Waals surface area contributed by atoms with E-state index in [0.717, 1.165) is 23.8 Å². The Balaban J connectivity index is 1.34.